The summed E-state index contributed by atoms with van der Waals surface area (Å²) in [6.45, 7) is 0.00542. The summed E-state index contributed by atoms with van der Waals surface area (Å²) in [4.78, 5) is 57.3. The molecule has 2 fully saturated rings. The third kappa shape index (κ3) is 5.36. The van der Waals surface area contributed by atoms with Crippen LogP contribution in [-0.2, 0) is 25.6 Å². The van der Waals surface area contributed by atoms with Gasteiger partial charge in [0.2, 0.25) is 5.91 Å². The van der Waals surface area contributed by atoms with Crippen molar-refractivity contribution in [2.24, 2.45) is 5.92 Å². The van der Waals surface area contributed by atoms with E-state index in [0.29, 0.717) is 10.9 Å². The number of para-hydroxylation sites is 1. The lowest BCUT2D eigenvalue weighted by Gasteiger charge is -2.23. The molecule has 11 nitrogen and oxygen atoms in total. The summed E-state index contributed by atoms with van der Waals surface area (Å²) in [6.07, 6.45) is 6.97. The molecule has 4 atom stereocenters. The number of carbonyl (C=O) groups excluding carboxylic acids is 3. The van der Waals surface area contributed by atoms with Gasteiger partial charge >= 0.3 is 12.1 Å². The van der Waals surface area contributed by atoms with Gasteiger partial charge in [-0.05, 0) is 50.2 Å². The Labute approximate surface area is 219 Å². The number of carbonyl (C=O) groups is 3. The summed E-state index contributed by atoms with van der Waals surface area (Å²) in [7, 11) is 1.25. The Bertz CT molecular complexity index is 1310. The number of esters is 1. The van der Waals surface area contributed by atoms with E-state index in [0.717, 1.165) is 32.1 Å². The summed E-state index contributed by atoms with van der Waals surface area (Å²) in [5, 5.41) is 3.02. The van der Waals surface area contributed by atoms with Gasteiger partial charge < -0.3 is 24.4 Å². The molecule has 2 amide bonds. The highest BCUT2D eigenvalue weighted by Crippen LogP contribution is 2.32. The summed E-state index contributed by atoms with van der Waals surface area (Å²) < 4.78 is 18.2. The fraction of sp³-hybridized carbons (Fsp3) is 0.519. The molecule has 3 aliphatic rings. The largest absolute Gasteiger partial charge is 0.467 e. The maximum Gasteiger partial charge on any atom is 0.407 e. The Hall–Kier alpha value is -3.89. The Balaban J connectivity index is 1.48. The van der Waals surface area contributed by atoms with Crippen molar-refractivity contribution in [2.75, 3.05) is 20.2 Å². The number of allylic oxidation sites excluding steroid dienone is 2. The number of aromatic nitrogens is 2. The van der Waals surface area contributed by atoms with E-state index in [1.165, 1.54) is 16.6 Å². The van der Waals surface area contributed by atoms with Gasteiger partial charge in [-0.3, -0.25) is 14.2 Å². The average molecular weight is 525 g/mol. The normalized spacial score (nSPS) is 27.2. The summed E-state index contributed by atoms with van der Waals surface area (Å²) >= 11 is 0. The second-order valence-corrected chi connectivity index (χ2v) is 9.92. The molecule has 5 rings (SSSR count). The van der Waals surface area contributed by atoms with Crippen LogP contribution >= 0.6 is 0 Å². The fourth-order valence-corrected chi connectivity index (χ4v) is 5.59. The lowest BCUT2D eigenvalue weighted by Crippen LogP contribution is -2.46. The zero-order valence-electron chi connectivity index (χ0n) is 21.3. The summed E-state index contributed by atoms with van der Waals surface area (Å²) in [5.41, 5.74) is 0.271. The summed E-state index contributed by atoms with van der Waals surface area (Å²) in [6, 6.07) is 6.29. The maximum absolute atomic E-state index is 13.4. The van der Waals surface area contributed by atoms with Crippen LogP contribution < -0.4 is 15.6 Å². The number of nitrogens with zero attached hydrogens (tertiary/aromatic N) is 3. The van der Waals surface area contributed by atoms with Gasteiger partial charge in [0.1, 0.15) is 24.8 Å². The molecule has 1 aromatic heterocycles. The molecule has 2 aliphatic heterocycles. The standard InChI is InChI=1S/C27H32N4O7/c1-36-25(34)21-14-18-16-31(21)23(32)15-28-27(35)38-22-12-7-9-17(22)8-3-2-6-13-30-24(33)19-10-4-5-11-20(19)29-26(30)37-18/h2,4-6,10-11,17-18,21-22H,3,7-9,12-16H2,1H3,(H,28,35)/b6-2+/t17-,18-,21+,22-/m1/s1. The average Bonchev–Trinajstić information content (AvgIpc) is 3.54. The van der Waals surface area contributed by atoms with Crippen LogP contribution in [0.3, 0.4) is 0 Å². The second kappa shape index (κ2) is 11.2. The maximum atomic E-state index is 13.4. The highest BCUT2D eigenvalue weighted by Gasteiger charge is 2.42. The van der Waals surface area contributed by atoms with Crippen molar-refractivity contribution in [3.8, 4) is 6.01 Å². The van der Waals surface area contributed by atoms with Crippen LogP contribution in [0.2, 0.25) is 0 Å². The zero-order valence-corrected chi connectivity index (χ0v) is 21.3. The molecule has 38 heavy (non-hydrogen) atoms. The van der Waals surface area contributed by atoms with Crippen LogP contribution in [0, 0.1) is 5.92 Å². The van der Waals surface area contributed by atoms with E-state index in [1.54, 1.807) is 24.3 Å². The number of hydrogen-bond acceptors (Lipinski definition) is 8. The number of alkyl carbamates (subject to hydrolysis) is 1. The zero-order chi connectivity index (χ0) is 26.6. The molecule has 0 radical (unpaired) electrons. The van der Waals surface area contributed by atoms with E-state index in [9.17, 15) is 19.2 Å². The molecule has 0 unspecified atom stereocenters. The van der Waals surface area contributed by atoms with Crippen LogP contribution in [-0.4, -0.2) is 70.9 Å². The van der Waals surface area contributed by atoms with E-state index in [4.69, 9.17) is 14.2 Å². The minimum absolute atomic E-state index is 0.0680. The first-order chi connectivity index (χ1) is 18.4. The molecule has 1 aliphatic carbocycles. The first-order valence-electron chi connectivity index (χ1n) is 13.1. The number of hydrogen-bond donors (Lipinski definition) is 1. The van der Waals surface area contributed by atoms with Crippen molar-refractivity contribution in [2.45, 2.75) is 63.3 Å². The van der Waals surface area contributed by atoms with E-state index in [2.05, 4.69) is 10.3 Å². The molecular formula is C27H32N4O7. The van der Waals surface area contributed by atoms with Gasteiger partial charge in [0.25, 0.3) is 11.6 Å². The molecule has 202 valence electrons. The summed E-state index contributed by atoms with van der Waals surface area (Å²) in [5.74, 6) is -0.815. The van der Waals surface area contributed by atoms with Crippen molar-refractivity contribution in [3.05, 3.63) is 46.8 Å². The number of benzene rings is 1. The first-order valence-corrected chi connectivity index (χ1v) is 13.1. The second-order valence-electron chi connectivity index (χ2n) is 9.92. The molecule has 2 bridgehead atoms. The molecule has 1 N–H and O–H groups in total. The topological polar surface area (TPSA) is 129 Å². The molecule has 1 saturated carbocycles. The van der Waals surface area contributed by atoms with E-state index >= 15 is 0 Å². The van der Waals surface area contributed by atoms with E-state index in [1.807, 2.05) is 12.2 Å². The first kappa shape index (κ1) is 25.7. The SMILES string of the molecule is COC(=O)[C@@H]1C[C@@H]2CN1C(=O)CNC(=O)O[C@@H]1CCC[C@H]1CC/C=C/Cn1c(nc3ccccc3c1=O)O2. The molecule has 11 heteroatoms. The Morgan fingerprint density at radius 2 is 1.95 bits per heavy atom. The molecule has 1 aromatic carbocycles. The number of ether oxygens (including phenoxy) is 3. The minimum Gasteiger partial charge on any atom is -0.467 e. The molecule has 0 spiro atoms. The molecule has 3 heterocycles. The predicted octanol–water partition coefficient (Wildman–Crippen LogP) is 2.16. The highest BCUT2D eigenvalue weighted by atomic mass is 16.6. The minimum atomic E-state index is -0.892. The lowest BCUT2D eigenvalue weighted by molar-refractivity contribution is -0.150. The molecular weight excluding hydrogens is 492 g/mol. The fourth-order valence-electron chi connectivity index (χ4n) is 5.59. The number of rotatable bonds is 1. The number of fused-ring (bicyclic) bond motifs is 5. The van der Waals surface area contributed by atoms with Gasteiger partial charge in [0.15, 0.2) is 0 Å². The van der Waals surface area contributed by atoms with Crippen molar-refractivity contribution in [1.82, 2.24) is 19.8 Å². The third-order valence-corrected chi connectivity index (χ3v) is 7.55. The monoisotopic (exact) mass is 524 g/mol. The van der Waals surface area contributed by atoms with Gasteiger partial charge in [-0.1, -0.05) is 24.3 Å². The van der Waals surface area contributed by atoms with Crippen molar-refractivity contribution < 1.29 is 28.6 Å². The van der Waals surface area contributed by atoms with Crippen molar-refractivity contribution >= 4 is 28.9 Å². The lowest BCUT2D eigenvalue weighted by atomic mass is 9.99. The van der Waals surface area contributed by atoms with Crippen LogP contribution in [0.1, 0.15) is 38.5 Å². The number of nitrogens with one attached hydrogen (secondary N) is 1. The van der Waals surface area contributed by atoms with Crippen LogP contribution in [0.5, 0.6) is 6.01 Å². The van der Waals surface area contributed by atoms with E-state index < -0.39 is 30.1 Å². The van der Waals surface area contributed by atoms with Crippen LogP contribution in [0.25, 0.3) is 10.9 Å². The third-order valence-electron chi connectivity index (χ3n) is 7.55. The van der Waals surface area contributed by atoms with Crippen LogP contribution in [0.15, 0.2) is 41.2 Å². The predicted molar refractivity (Wildman–Crippen MR) is 137 cm³/mol. The number of methoxy groups -OCH3 is 1. The Morgan fingerprint density at radius 3 is 2.79 bits per heavy atom. The van der Waals surface area contributed by atoms with Crippen molar-refractivity contribution in [1.29, 1.82) is 0 Å². The quantitative estimate of drug-likeness (QED) is 0.444. The smallest absolute Gasteiger partial charge is 0.407 e. The van der Waals surface area contributed by atoms with Gasteiger partial charge in [-0.2, -0.15) is 4.98 Å². The van der Waals surface area contributed by atoms with Gasteiger partial charge in [0, 0.05) is 13.0 Å². The molecule has 1 saturated heterocycles. The highest BCUT2D eigenvalue weighted by molar-refractivity contribution is 5.88. The van der Waals surface area contributed by atoms with Crippen molar-refractivity contribution in [3.63, 3.8) is 0 Å². The van der Waals surface area contributed by atoms with Crippen LogP contribution in [0.4, 0.5) is 4.79 Å². The molecule has 2 aromatic rings. The van der Waals surface area contributed by atoms with E-state index in [-0.39, 0.29) is 49.6 Å². The number of amides is 2. The van der Waals surface area contributed by atoms with Gasteiger partial charge in [-0.25, -0.2) is 9.59 Å². The Morgan fingerprint density at radius 1 is 1.11 bits per heavy atom. The van der Waals surface area contributed by atoms with Gasteiger partial charge in [0.05, 0.1) is 24.6 Å². The van der Waals surface area contributed by atoms with Gasteiger partial charge in [-0.15, -0.1) is 0 Å². The Kier molecular flexibility index (Phi) is 7.62.